The van der Waals surface area contributed by atoms with Crippen molar-refractivity contribution in [2.75, 3.05) is 0 Å². The van der Waals surface area contributed by atoms with Gasteiger partial charge in [-0.3, -0.25) is 0 Å². The molecule has 1 heterocycles. The molecule has 1 aromatic rings. The van der Waals surface area contributed by atoms with Crippen molar-refractivity contribution in [1.29, 1.82) is 0 Å². The lowest BCUT2D eigenvalue weighted by molar-refractivity contribution is 0.0688. The minimum Gasteiger partial charge on any atom is -0.477 e. The summed E-state index contributed by atoms with van der Waals surface area (Å²) in [6.45, 7) is 4.05. The molecule has 0 aliphatic heterocycles. The Morgan fingerprint density at radius 2 is 2.31 bits per heavy atom. The van der Waals surface area contributed by atoms with Crippen LogP contribution in [-0.4, -0.2) is 21.0 Å². The van der Waals surface area contributed by atoms with E-state index < -0.39 is 5.97 Å². The summed E-state index contributed by atoms with van der Waals surface area (Å²) in [4.78, 5) is 18.2. The Bertz CT molecular complexity index is 310. The van der Waals surface area contributed by atoms with E-state index in [0.29, 0.717) is 17.9 Å². The molecule has 0 bridgehead atoms. The number of carbonyl (C=O) groups is 1. The number of carboxylic acids is 1. The molecule has 0 atom stereocenters. The molecule has 1 N–H and O–H groups in total. The Balaban J connectivity index is 2.98. The topological polar surface area (TPSA) is 63.1 Å². The molecular weight excluding hydrogens is 168 g/mol. The fraction of sp³-hybridized carbons (Fsp3) is 0.444. The van der Waals surface area contributed by atoms with Gasteiger partial charge in [0.25, 0.3) is 0 Å². The molecule has 0 spiro atoms. The van der Waals surface area contributed by atoms with E-state index in [1.54, 1.807) is 6.20 Å². The second-order valence-electron chi connectivity index (χ2n) is 3.30. The number of nitrogens with zero attached hydrogens (tertiary/aromatic N) is 2. The second-order valence-corrected chi connectivity index (χ2v) is 3.30. The van der Waals surface area contributed by atoms with E-state index in [9.17, 15) is 4.79 Å². The lowest BCUT2D eigenvalue weighted by Gasteiger charge is -2.05. The molecule has 0 saturated carbocycles. The first kappa shape index (κ1) is 9.64. The lowest BCUT2D eigenvalue weighted by Crippen LogP contribution is -2.08. The fourth-order valence-corrected chi connectivity index (χ4v) is 1.14. The fourth-order valence-electron chi connectivity index (χ4n) is 1.14. The average molecular weight is 180 g/mol. The van der Waals surface area contributed by atoms with Crippen molar-refractivity contribution in [3.63, 3.8) is 0 Å². The zero-order chi connectivity index (χ0) is 9.84. The standard InChI is InChI=1S/C9H12N2O2/c1-6(2)3-7-4-10-5-11-8(7)9(12)13/h4-6H,3H2,1-2H3,(H,12,13). The van der Waals surface area contributed by atoms with Gasteiger partial charge >= 0.3 is 5.97 Å². The summed E-state index contributed by atoms with van der Waals surface area (Å²) in [6, 6.07) is 0. The summed E-state index contributed by atoms with van der Waals surface area (Å²) in [5, 5.41) is 8.79. The summed E-state index contributed by atoms with van der Waals surface area (Å²) in [7, 11) is 0. The maximum absolute atomic E-state index is 10.7. The normalized spacial score (nSPS) is 10.4. The van der Waals surface area contributed by atoms with E-state index in [4.69, 9.17) is 5.11 Å². The molecule has 1 rings (SSSR count). The van der Waals surface area contributed by atoms with Gasteiger partial charge in [-0.25, -0.2) is 14.8 Å². The molecule has 0 radical (unpaired) electrons. The van der Waals surface area contributed by atoms with Gasteiger partial charge in [0, 0.05) is 11.8 Å². The zero-order valence-electron chi connectivity index (χ0n) is 7.69. The molecule has 0 unspecified atom stereocenters. The Labute approximate surface area is 76.7 Å². The van der Waals surface area contributed by atoms with Crippen molar-refractivity contribution >= 4 is 5.97 Å². The van der Waals surface area contributed by atoms with Crippen LogP contribution in [0.2, 0.25) is 0 Å². The third-order valence-corrected chi connectivity index (χ3v) is 1.62. The van der Waals surface area contributed by atoms with Crippen LogP contribution >= 0.6 is 0 Å². The van der Waals surface area contributed by atoms with Gasteiger partial charge in [0.1, 0.15) is 6.33 Å². The number of carboxylic acid groups (broad SMARTS) is 1. The molecule has 0 aromatic carbocycles. The number of aromatic nitrogens is 2. The highest BCUT2D eigenvalue weighted by atomic mass is 16.4. The van der Waals surface area contributed by atoms with Gasteiger partial charge in [-0.1, -0.05) is 13.8 Å². The third-order valence-electron chi connectivity index (χ3n) is 1.62. The highest BCUT2D eigenvalue weighted by molar-refractivity contribution is 5.86. The summed E-state index contributed by atoms with van der Waals surface area (Å²) in [6.07, 6.45) is 3.52. The van der Waals surface area contributed by atoms with Crippen LogP contribution < -0.4 is 0 Å². The Kier molecular flexibility index (Phi) is 2.95. The smallest absolute Gasteiger partial charge is 0.354 e. The molecular formula is C9H12N2O2. The van der Waals surface area contributed by atoms with Gasteiger partial charge in [0.2, 0.25) is 0 Å². The summed E-state index contributed by atoms with van der Waals surface area (Å²) >= 11 is 0. The van der Waals surface area contributed by atoms with E-state index >= 15 is 0 Å². The van der Waals surface area contributed by atoms with Crippen LogP contribution in [-0.2, 0) is 6.42 Å². The van der Waals surface area contributed by atoms with Crippen molar-refractivity contribution in [3.05, 3.63) is 23.8 Å². The van der Waals surface area contributed by atoms with Crippen LogP contribution in [0.25, 0.3) is 0 Å². The molecule has 0 fully saturated rings. The van der Waals surface area contributed by atoms with Crippen LogP contribution in [0, 0.1) is 5.92 Å². The third kappa shape index (κ3) is 2.50. The van der Waals surface area contributed by atoms with Crippen molar-refractivity contribution in [3.8, 4) is 0 Å². The van der Waals surface area contributed by atoms with Gasteiger partial charge in [0.15, 0.2) is 5.69 Å². The number of rotatable bonds is 3. The van der Waals surface area contributed by atoms with Gasteiger partial charge in [0.05, 0.1) is 0 Å². The molecule has 1 aromatic heterocycles. The Morgan fingerprint density at radius 1 is 1.62 bits per heavy atom. The average Bonchev–Trinajstić information content (AvgIpc) is 2.03. The van der Waals surface area contributed by atoms with Gasteiger partial charge in [-0.15, -0.1) is 0 Å². The molecule has 13 heavy (non-hydrogen) atoms. The molecule has 70 valence electrons. The van der Waals surface area contributed by atoms with E-state index in [1.807, 2.05) is 13.8 Å². The van der Waals surface area contributed by atoms with Crippen molar-refractivity contribution in [2.45, 2.75) is 20.3 Å². The van der Waals surface area contributed by atoms with E-state index in [0.717, 1.165) is 0 Å². The predicted octanol–water partition coefficient (Wildman–Crippen LogP) is 1.37. The minimum atomic E-state index is -0.988. The van der Waals surface area contributed by atoms with Gasteiger partial charge < -0.3 is 5.11 Å². The van der Waals surface area contributed by atoms with Crippen LogP contribution in [0.4, 0.5) is 0 Å². The maximum atomic E-state index is 10.7. The largest absolute Gasteiger partial charge is 0.477 e. The van der Waals surface area contributed by atoms with Crippen LogP contribution in [0.1, 0.15) is 29.9 Å². The van der Waals surface area contributed by atoms with Gasteiger partial charge in [-0.2, -0.15) is 0 Å². The molecule has 0 saturated heterocycles. The lowest BCUT2D eigenvalue weighted by atomic mass is 10.0. The minimum absolute atomic E-state index is 0.115. The van der Waals surface area contributed by atoms with Crippen molar-refractivity contribution in [2.24, 2.45) is 5.92 Å². The first-order chi connectivity index (χ1) is 6.11. The Hall–Kier alpha value is -1.45. The highest BCUT2D eigenvalue weighted by Gasteiger charge is 2.11. The van der Waals surface area contributed by atoms with Gasteiger partial charge in [-0.05, 0) is 12.3 Å². The first-order valence-electron chi connectivity index (χ1n) is 4.13. The summed E-state index contributed by atoms with van der Waals surface area (Å²) in [5.74, 6) is -0.581. The van der Waals surface area contributed by atoms with E-state index in [1.165, 1.54) is 6.33 Å². The first-order valence-corrected chi connectivity index (χ1v) is 4.13. The summed E-state index contributed by atoms with van der Waals surface area (Å²) < 4.78 is 0. The highest BCUT2D eigenvalue weighted by Crippen LogP contribution is 2.09. The SMILES string of the molecule is CC(C)Cc1cncnc1C(=O)O. The number of aromatic carboxylic acids is 1. The second kappa shape index (κ2) is 3.98. The van der Waals surface area contributed by atoms with Crippen LogP contribution in [0.15, 0.2) is 12.5 Å². The van der Waals surface area contributed by atoms with Crippen LogP contribution in [0.3, 0.4) is 0 Å². The van der Waals surface area contributed by atoms with E-state index in [-0.39, 0.29) is 5.69 Å². The van der Waals surface area contributed by atoms with Crippen LogP contribution in [0.5, 0.6) is 0 Å². The number of hydrogen-bond donors (Lipinski definition) is 1. The molecule has 0 aliphatic rings. The summed E-state index contributed by atoms with van der Waals surface area (Å²) in [5.41, 5.74) is 0.814. The molecule has 4 nitrogen and oxygen atoms in total. The maximum Gasteiger partial charge on any atom is 0.354 e. The van der Waals surface area contributed by atoms with Crippen molar-refractivity contribution < 1.29 is 9.90 Å². The Morgan fingerprint density at radius 3 is 2.85 bits per heavy atom. The molecule has 0 amide bonds. The molecule has 0 aliphatic carbocycles. The monoisotopic (exact) mass is 180 g/mol. The molecule has 4 heteroatoms. The zero-order valence-corrected chi connectivity index (χ0v) is 7.69. The van der Waals surface area contributed by atoms with E-state index in [2.05, 4.69) is 9.97 Å². The predicted molar refractivity (Wildman–Crippen MR) is 47.5 cm³/mol. The number of hydrogen-bond acceptors (Lipinski definition) is 3. The quantitative estimate of drug-likeness (QED) is 0.763. The van der Waals surface area contributed by atoms with Crippen molar-refractivity contribution in [1.82, 2.24) is 9.97 Å².